The predicted molar refractivity (Wildman–Crippen MR) is 137 cm³/mol. The molecule has 1 unspecified atom stereocenters. The van der Waals surface area contributed by atoms with E-state index in [1.807, 2.05) is 13.8 Å². The van der Waals surface area contributed by atoms with Crippen molar-refractivity contribution in [2.24, 2.45) is 0 Å². The zero-order valence-corrected chi connectivity index (χ0v) is 20.5. The van der Waals surface area contributed by atoms with E-state index in [1.54, 1.807) is 0 Å². The summed E-state index contributed by atoms with van der Waals surface area (Å²) in [4.78, 5) is 23.0. The summed E-state index contributed by atoms with van der Waals surface area (Å²) in [5, 5.41) is 3.97. The van der Waals surface area contributed by atoms with E-state index in [4.69, 9.17) is 9.72 Å². The zero-order chi connectivity index (χ0) is 23.3. The van der Waals surface area contributed by atoms with Gasteiger partial charge in [-0.3, -0.25) is 4.79 Å². The number of aromatic nitrogens is 1. The topological polar surface area (TPSA) is 57.7 Å². The lowest BCUT2D eigenvalue weighted by atomic mass is 9.90. The number of fused-ring (bicyclic) bond motifs is 2. The third-order valence-corrected chi connectivity index (χ3v) is 8.17. The second kappa shape index (κ2) is 8.31. The van der Waals surface area contributed by atoms with Crippen molar-refractivity contribution in [1.29, 1.82) is 0 Å². The molecule has 6 nitrogen and oxygen atoms in total. The van der Waals surface area contributed by atoms with Gasteiger partial charge in [-0.1, -0.05) is 41.7 Å². The summed E-state index contributed by atoms with van der Waals surface area (Å²) in [5.74, 6) is 1.41. The van der Waals surface area contributed by atoms with Crippen LogP contribution in [-0.4, -0.2) is 42.7 Å². The van der Waals surface area contributed by atoms with Crippen LogP contribution in [0.4, 0.5) is 16.5 Å². The molecular formula is C27H30N4O2S. The van der Waals surface area contributed by atoms with Gasteiger partial charge in [0.1, 0.15) is 17.2 Å². The van der Waals surface area contributed by atoms with Gasteiger partial charge in [0.05, 0.1) is 17.9 Å². The summed E-state index contributed by atoms with van der Waals surface area (Å²) in [6.45, 7) is 7.50. The summed E-state index contributed by atoms with van der Waals surface area (Å²) < 4.78 is 6.00. The van der Waals surface area contributed by atoms with Crippen molar-refractivity contribution in [3.63, 3.8) is 0 Å². The van der Waals surface area contributed by atoms with Crippen LogP contribution in [-0.2, 0) is 6.42 Å². The van der Waals surface area contributed by atoms with E-state index in [0.717, 1.165) is 53.2 Å². The summed E-state index contributed by atoms with van der Waals surface area (Å²) in [6, 6.07) is 17.4. The second-order valence-electron chi connectivity index (χ2n) is 10.1. The highest BCUT2D eigenvalue weighted by molar-refractivity contribution is 7.17. The Hall–Kier alpha value is -3.06. The second-order valence-corrected chi connectivity index (χ2v) is 11.1. The molecule has 1 aromatic heterocycles. The number of anilines is 3. The number of benzene rings is 2. The van der Waals surface area contributed by atoms with Crippen molar-refractivity contribution in [3.05, 3.63) is 64.7 Å². The molecule has 1 amide bonds. The van der Waals surface area contributed by atoms with Crippen molar-refractivity contribution in [3.8, 4) is 5.75 Å². The minimum atomic E-state index is -0.269. The van der Waals surface area contributed by atoms with Crippen molar-refractivity contribution < 1.29 is 9.53 Å². The standard InChI is InChI=1S/C27H30N4O2S/c1-27(2)16-21-24(25(32)29-27)34-26(28-21)31-13-14-33-23-11-10-20(15-22(23)31)30-12-6-9-19(17-30)18-7-4-3-5-8-18/h3-5,7-8,10-11,15,19H,6,9,12-14,16-17H2,1-2H3,(H,29,32). The minimum Gasteiger partial charge on any atom is -0.490 e. The highest BCUT2D eigenvalue weighted by Crippen LogP contribution is 2.43. The number of carbonyl (C=O) groups excluding carboxylic acids is 1. The first-order chi connectivity index (χ1) is 16.5. The monoisotopic (exact) mass is 474 g/mol. The number of carbonyl (C=O) groups is 1. The first kappa shape index (κ1) is 21.5. The molecule has 1 saturated heterocycles. The first-order valence-corrected chi connectivity index (χ1v) is 12.9. The van der Waals surface area contributed by atoms with Crippen LogP contribution in [0.15, 0.2) is 48.5 Å². The number of amides is 1. The van der Waals surface area contributed by atoms with Crippen LogP contribution >= 0.6 is 11.3 Å². The van der Waals surface area contributed by atoms with Gasteiger partial charge in [-0.25, -0.2) is 4.98 Å². The SMILES string of the molecule is CC1(C)Cc2nc(N3CCOc4ccc(N5CCCC(c6ccccc6)C5)cc43)sc2C(=O)N1. The third kappa shape index (κ3) is 3.92. The Morgan fingerprint density at radius 2 is 2.00 bits per heavy atom. The van der Waals surface area contributed by atoms with E-state index in [1.165, 1.54) is 35.4 Å². The van der Waals surface area contributed by atoms with Crippen molar-refractivity contribution in [2.75, 3.05) is 36.0 Å². The summed E-state index contributed by atoms with van der Waals surface area (Å²) in [7, 11) is 0. The van der Waals surface area contributed by atoms with Gasteiger partial charge in [0.15, 0.2) is 5.13 Å². The number of ether oxygens (including phenoxy) is 1. The van der Waals surface area contributed by atoms with Crippen LogP contribution in [0.25, 0.3) is 0 Å². The molecule has 3 aliphatic heterocycles. The van der Waals surface area contributed by atoms with Gasteiger partial charge >= 0.3 is 0 Å². The van der Waals surface area contributed by atoms with E-state index in [0.29, 0.717) is 12.5 Å². The van der Waals surface area contributed by atoms with Crippen LogP contribution in [0, 0.1) is 0 Å². The molecule has 6 rings (SSSR count). The maximum atomic E-state index is 12.7. The van der Waals surface area contributed by atoms with E-state index in [-0.39, 0.29) is 11.4 Å². The molecule has 0 aliphatic carbocycles. The molecule has 0 spiro atoms. The highest BCUT2D eigenvalue weighted by atomic mass is 32.1. The summed E-state index contributed by atoms with van der Waals surface area (Å²) >= 11 is 1.49. The molecule has 0 saturated carbocycles. The molecule has 34 heavy (non-hydrogen) atoms. The molecule has 1 N–H and O–H groups in total. The lowest BCUT2D eigenvalue weighted by Crippen LogP contribution is -2.48. The van der Waals surface area contributed by atoms with E-state index in [9.17, 15) is 4.79 Å². The lowest BCUT2D eigenvalue weighted by Gasteiger charge is -2.36. The number of rotatable bonds is 3. The summed E-state index contributed by atoms with van der Waals surface area (Å²) in [5.41, 5.74) is 4.31. The maximum Gasteiger partial charge on any atom is 0.263 e. The molecule has 3 aliphatic rings. The number of nitrogens with one attached hydrogen (secondary N) is 1. The minimum absolute atomic E-state index is 0.0162. The van der Waals surface area contributed by atoms with Gasteiger partial charge in [-0.2, -0.15) is 0 Å². The molecular weight excluding hydrogens is 444 g/mol. The average Bonchev–Trinajstić information content (AvgIpc) is 3.27. The Morgan fingerprint density at radius 3 is 2.85 bits per heavy atom. The Balaban J connectivity index is 1.30. The smallest absolute Gasteiger partial charge is 0.263 e. The fourth-order valence-corrected chi connectivity index (χ4v) is 6.41. The van der Waals surface area contributed by atoms with E-state index in [2.05, 4.69) is 63.6 Å². The lowest BCUT2D eigenvalue weighted by molar-refractivity contribution is 0.0901. The molecule has 1 fully saturated rings. The largest absolute Gasteiger partial charge is 0.490 e. The van der Waals surface area contributed by atoms with Gasteiger partial charge in [0.2, 0.25) is 0 Å². The molecule has 7 heteroatoms. The van der Waals surface area contributed by atoms with Gasteiger partial charge in [0.25, 0.3) is 5.91 Å². The number of hydrogen-bond acceptors (Lipinski definition) is 6. The van der Waals surface area contributed by atoms with Crippen LogP contribution in [0.2, 0.25) is 0 Å². The Morgan fingerprint density at radius 1 is 1.15 bits per heavy atom. The molecule has 4 heterocycles. The number of nitrogens with zero attached hydrogens (tertiary/aromatic N) is 3. The maximum absolute atomic E-state index is 12.7. The first-order valence-electron chi connectivity index (χ1n) is 12.1. The molecule has 0 bridgehead atoms. The molecule has 176 valence electrons. The molecule has 3 aromatic rings. The predicted octanol–water partition coefficient (Wildman–Crippen LogP) is 5.12. The Kier molecular flexibility index (Phi) is 5.25. The van der Waals surface area contributed by atoms with Crippen molar-refractivity contribution >= 4 is 33.8 Å². The van der Waals surface area contributed by atoms with Crippen molar-refractivity contribution in [1.82, 2.24) is 10.3 Å². The Bertz CT molecular complexity index is 1220. The quantitative estimate of drug-likeness (QED) is 0.571. The Labute approximate surface area is 204 Å². The van der Waals surface area contributed by atoms with Gasteiger partial charge < -0.3 is 19.9 Å². The summed E-state index contributed by atoms with van der Waals surface area (Å²) in [6.07, 6.45) is 3.15. The average molecular weight is 475 g/mol. The number of hydrogen-bond donors (Lipinski definition) is 1. The van der Waals surface area contributed by atoms with E-state index < -0.39 is 0 Å². The van der Waals surface area contributed by atoms with Crippen molar-refractivity contribution in [2.45, 2.75) is 44.6 Å². The number of thiazole rings is 1. The fourth-order valence-electron chi connectivity index (χ4n) is 5.39. The highest BCUT2D eigenvalue weighted by Gasteiger charge is 2.35. The number of piperidine rings is 1. The normalized spacial score (nSPS) is 21.4. The molecule has 2 aromatic carbocycles. The van der Waals surface area contributed by atoms with E-state index >= 15 is 0 Å². The van der Waals surface area contributed by atoms with Gasteiger partial charge in [-0.15, -0.1) is 0 Å². The third-order valence-electron chi connectivity index (χ3n) is 7.05. The molecule has 1 atom stereocenters. The fraction of sp³-hybridized carbons (Fsp3) is 0.407. The van der Waals surface area contributed by atoms with Crippen LogP contribution in [0.5, 0.6) is 5.75 Å². The van der Waals surface area contributed by atoms with Crippen LogP contribution in [0.1, 0.15) is 53.5 Å². The van der Waals surface area contributed by atoms with Crippen LogP contribution in [0.3, 0.4) is 0 Å². The van der Waals surface area contributed by atoms with Crippen LogP contribution < -0.4 is 19.9 Å². The van der Waals surface area contributed by atoms with Gasteiger partial charge in [0, 0.05) is 36.7 Å². The molecule has 0 radical (unpaired) electrons. The zero-order valence-electron chi connectivity index (χ0n) is 19.7. The van der Waals surface area contributed by atoms with Gasteiger partial charge in [-0.05, 0) is 50.5 Å².